The van der Waals surface area contributed by atoms with E-state index in [0.717, 1.165) is 58.5 Å². The Morgan fingerprint density at radius 3 is 0.650 bits per heavy atom. The third kappa shape index (κ3) is 3.98. The zero-order chi connectivity index (χ0) is 26.9. The molecule has 3 aliphatic rings. The minimum absolute atomic E-state index is 0.899. The van der Waals surface area contributed by atoms with Gasteiger partial charge in [-0.1, -0.05) is 0 Å². The fraction of sp³-hybridized carbons (Fsp3) is 0.0625. The first-order valence-corrected chi connectivity index (χ1v) is 17.5. The Balaban J connectivity index is 1.45. The van der Waals surface area contributed by atoms with Gasteiger partial charge in [-0.05, 0) is 109 Å². The molecule has 0 saturated heterocycles. The van der Waals surface area contributed by atoms with Crippen molar-refractivity contribution in [3.8, 4) is 0 Å². The van der Waals surface area contributed by atoms with Gasteiger partial charge in [-0.3, -0.25) is 0 Å². The summed E-state index contributed by atoms with van der Waals surface area (Å²) in [5, 5.41) is 25.1. The van der Waals surface area contributed by atoms with Crippen molar-refractivity contribution in [1.82, 2.24) is 0 Å². The van der Waals surface area contributed by atoms with E-state index in [0.29, 0.717) is 0 Å². The van der Waals surface area contributed by atoms with E-state index < -0.39 is 11.2 Å². The van der Waals surface area contributed by atoms with Crippen LogP contribution >= 0.6 is 68.0 Å². The van der Waals surface area contributed by atoms with Crippen molar-refractivity contribution in [3.63, 3.8) is 0 Å². The molecule has 0 unspecified atom stereocenters. The maximum atomic E-state index is 12.5. The van der Waals surface area contributed by atoms with E-state index in [2.05, 4.69) is 109 Å². The summed E-state index contributed by atoms with van der Waals surface area (Å²) in [6.45, 7) is 0. The molecule has 0 spiro atoms. The van der Waals surface area contributed by atoms with Crippen molar-refractivity contribution >= 4 is 104 Å². The van der Waals surface area contributed by atoms with Crippen LogP contribution in [0.4, 0.5) is 0 Å². The summed E-state index contributed by atoms with van der Waals surface area (Å²) in [7, 11) is 0. The maximum Gasteiger partial charge on any atom is 0.167 e. The van der Waals surface area contributed by atoms with Crippen LogP contribution in [0.25, 0.3) is 36.5 Å². The van der Waals surface area contributed by atoms with Gasteiger partial charge in [-0.2, -0.15) is 0 Å². The molecule has 0 radical (unpaired) electrons. The lowest BCUT2D eigenvalue weighted by Gasteiger charge is -2.25. The van der Waals surface area contributed by atoms with Crippen LogP contribution in [0.2, 0.25) is 0 Å². The molecular formula is C32H20O2S6. The Labute approximate surface area is 255 Å². The smallest absolute Gasteiger partial charge is 0.167 e. The van der Waals surface area contributed by atoms with E-state index in [1.165, 1.54) is 0 Å². The summed E-state index contributed by atoms with van der Waals surface area (Å²) >= 11 is 9.67. The van der Waals surface area contributed by atoms with Crippen molar-refractivity contribution in [3.05, 3.63) is 131 Å². The number of hydrogen-bond donors (Lipinski definition) is 2. The SMILES string of the molecule is OC12c3ccc(s3)/C=C/c3ccc(s3)C(O)(c3ccc(s3)/C=C/c3ccc1s3)c1ccc(s1)/C=C/c1ccc2s1. The van der Waals surface area contributed by atoms with Crippen LogP contribution in [0, 0.1) is 0 Å². The first-order valence-electron chi connectivity index (χ1n) is 12.6. The summed E-state index contributed by atoms with van der Waals surface area (Å²) in [5.41, 5.74) is -2.47. The molecule has 6 aromatic heterocycles. The largest absolute Gasteiger partial charge is 0.374 e. The van der Waals surface area contributed by atoms with Crippen molar-refractivity contribution in [2.24, 2.45) is 0 Å². The van der Waals surface area contributed by atoms with E-state index in [1.54, 1.807) is 68.0 Å². The number of hydrogen-bond acceptors (Lipinski definition) is 8. The molecule has 0 atom stereocenters. The Hall–Kier alpha value is -2.66. The van der Waals surface area contributed by atoms with Crippen LogP contribution < -0.4 is 0 Å². The molecular weight excluding hydrogens is 609 g/mol. The van der Waals surface area contributed by atoms with Gasteiger partial charge >= 0.3 is 0 Å². The number of aliphatic hydroxyl groups is 2. The lowest BCUT2D eigenvalue weighted by molar-refractivity contribution is 0.137. The van der Waals surface area contributed by atoms with Gasteiger partial charge in [-0.25, -0.2) is 0 Å². The molecule has 3 aliphatic heterocycles. The molecule has 0 amide bonds. The molecule has 9 heterocycles. The molecule has 0 saturated carbocycles. The minimum Gasteiger partial charge on any atom is -0.374 e. The van der Waals surface area contributed by atoms with Gasteiger partial charge in [0.25, 0.3) is 0 Å². The Morgan fingerprint density at radius 2 is 0.475 bits per heavy atom. The van der Waals surface area contributed by atoms with Gasteiger partial charge in [0, 0.05) is 58.5 Å². The highest BCUT2D eigenvalue weighted by molar-refractivity contribution is 7.18. The zero-order valence-electron chi connectivity index (χ0n) is 20.7. The van der Waals surface area contributed by atoms with Crippen LogP contribution in [-0.4, -0.2) is 10.2 Å². The second kappa shape index (κ2) is 9.44. The predicted molar refractivity (Wildman–Crippen MR) is 177 cm³/mol. The van der Waals surface area contributed by atoms with Gasteiger partial charge in [0.15, 0.2) is 11.2 Å². The van der Waals surface area contributed by atoms with Gasteiger partial charge in [0.2, 0.25) is 0 Å². The highest BCUT2D eigenvalue weighted by Crippen LogP contribution is 2.48. The highest BCUT2D eigenvalue weighted by Gasteiger charge is 2.39. The molecule has 40 heavy (non-hydrogen) atoms. The molecule has 0 aromatic carbocycles. The van der Waals surface area contributed by atoms with Crippen LogP contribution in [0.1, 0.15) is 58.5 Å². The van der Waals surface area contributed by atoms with E-state index in [1.807, 2.05) is 0 Å². The molecule has 2 nitrogen and oxygen atoms in total. The molecule has 196 valence electrons. The van der Waals surface area contributed by atoms with Crippen LogP contribution in [-0.2, 0) is 11.2 Å². The van der Waals surface area contributed by atoms with Crippen molar-refractivity contribution in [2.45, 2.75) is 11.2 Å². The Kier molecular flexibility index (Phi) is 5.92. The van der Waals surface area contributed by atoms with Crippen molar-refractivity contribution < 1.29 is 10.2 Å². The van der Waals surface area contributed by atoms with Crippen LogP contribution in [0.15, 0.2) is 72.8 Å². The van der Waals surface area contributed by atoms with Gasteiger partial charge in [0.1, 0.15) is 0 Å². The third-order valence-electron chi connectivity index (χ3n) is 7.14. The quantitative estimate of drug-likeness (QED) is 0.176. The van der Waals surface area contributed by atoms with Gasteiger partial charge in [0.05, 0.1) is 0 Å². The summed E-state index contributed by atoms with van der Waals surface area (Å²) < 4.78 is 0. The first kappa shape index (κ1) is 25.1. The van der Waals surface area contributed by atoms with Gasteiger partial charge in [-0.15, -0.1) is 68.0 Å². The van der Waals surface area contributed by atoms with E-state index in [9.17, 15) is 10.2 Å². The average Bonchev–Trinajstić information content (AvgIpc) is 3.80. The standard InChI is InChI=1S/C32H20O2S6/c33-31-25-13-7-19(35-25)1-2-20-8-14-26(36-20)32(34,29-17-11-23(39-29)5-3-21-9-15-27(31)37-21)30-18-12-24(40-30)6-4-22-10-16-28(31)38-22/h1-18,33-34H/b2-1+,5-3+,6-4+. The van der Waals surface area contributed by atoms with Crippen LogP contribution in [0.5, 0.6) is 0 Å². The maximum absolute atomic E-state index is 12.5. The van der Waals surface area contributed by atoms with Gasteiger partial charge < -0.3 is 10.2 Å². The fourth-order valence-corrected chi connectivity index (χ4v) is 11.6. The van der Waals surface area contributed by atoms with E-state index in [-0.39, 0.29) is 0 Å². The lowest BCUT2D eigenvalue weighted by atomic mass is 9.97. The Bertz CT molecular complexity index is 1600. The number of rotatable bonds is 0. The average molecular weight is 629 g/mol. The van der Waals surface area contributed by atoms with E-state index >= 15 is 0 Å². The monoisotopic (exact) mass is 628 g/mol. The Morgan fingerprint density at radius 1 is 0.300 bits per heavy atom. The molecule has 14 bridgehead atoms. The topological polar surface area (TPSA) is 40.5 Å². The highest BCUT2D eigenvalue weighted by atomic mass is 32.1. The number of thiophene rings is 6. The normalized spacial score (nSPS) is 23.6. The molecule has 2 N–H and O–H groups in total. The second-order valence-electron chi connectivity index (χ2n) is 9.63. The van der Waals surface area contributed by atoms with Crippen LogP contribution in [0.3, 0.4) is 0 Å². The minimum atomic E-state index is -1.24. The predicted octanol–water partition coefficient (Wildman–Crippen LogP) is 9.76. The molecule has 0 aliphatic carbocycles. The third-order valence-corrected chi connectivity index (χ3v) is 14.1. The lowest BCUT2D eigenvalue weighted by Crippen LogP contribution is -2.25. The molecule has 9 rings (SSSR count). The summed E-state index contributed by atoms with van der Waals surface area (Å²) in [6, 6.07) is 24.8. The molecule has 8 heteroatoms. The summed E-state index contributed by atoms with van der Waals surface area (Å²) in [5.74, 6) is 0. The molecule has 6 aromatic rings. The van der Waals surface area contributed by atoms with Crippen molar-refractivity contribution in [2.75, 3.05) is 0 Å². The zero-order valence-corrected chi connectivity index (χ0v) is 25.6. The second-order valence-corrected chi connectivity index (χ2v) is 16.3. The first-order chi connectivity index (χ1) is 19.5. The molecule has 0 fully saturated rings. The van der Waals surface area contributed by atoms with E-state index in [4.69, 9.17) is 0 Å². The summed E-state index contributed by atoms with van der Waals surface area (Å²) in [6.07, 6.45) is 12.6. The fourth-order valence-electron chi connectivity index (χ4n) is 5.04. The summed E-state index contributed by atoms with van der Waals surface area (Å²) in [4.78, 5) is 11.8. The van der Waals surface area contributed by atoms with Crippen molar-refractivity contribution in [1.29, 1.82) is 0 Å².